The summed E-state index contributed by atoms with van der Waals surface area (Å²) in [5, 5.41) is 3.31. The minimum Gasteiger partial charge on any atom is -0.486 e. The van der Waals surface area contributed by atoms with Gasteiger partial charge in [0.2, 0.25) is 0 Å². The van der Waals surface area contributed by atoms with Gasteiger partial charge in [-0.3, -0.25) is 5.32 Å². The molecule has 16 heavy (non-hydrogen) atoms. The van der Waals surface area contributed by atoms with Gasteiger partial charge in [-0.15, -0.1) is 0 Å². The van der Waals surface area contributed by atoms with E-state index in [0.29, 0.717) is 13.2 Å². The molecular formula is C12H15NO3. The molecule has 1 aromatic rings. The van der Waals surface area contributed by atoms with Crippen LogP contribution in [0.15, 0.2) is 18.2 Å². The Hall–Kier alpha value is -1.26. The van der Waals surface area contributed by atoms with Crippen molar-refractivity contribution < 1.29 is 14.2 Å². The third-order valence-electron chi connectivity index (χ3n) is 2.83. The predicted octanol–water partition coefficient (Wildman–Crippen LogP) is 1.46. The van der Waals surface area contributed by atoms with Crippen molar-refractivity contribution in [1.29, 1.82) is 0 Å². The van der Waals surface area contributed by atoms with Crippen molar-refractivity contribution in [2.24, 2.45) is 0 Å². The highest BCUT2D eigenvalue weighted by Crippen LogP contribution is 2.33. The lowest BCUT2D eigenvalue weighted by Crippen LogP contribution is -2.17. The molecule has 2 aliphatic rings. The second-order valence-corrected chi connectivity index (χ2v) is 4.14. The Morgan fingerprint density at radius 3 is 2.75 bits per heavy atom. The zero-order valence-corrected chi connectivity index (χ0v) is 9.23. The van der Waals surface area contributed by atoms with Gasteiger partial charge < -0.3 is 14.2 Å². The molecule has 2 aliphatic heterocycles. The van der Waals surface area contributed by atoms with Gasteiger partial charge in [-0.2, -0.15) is 0 Å². The van der Waals surface area contributed by atoms with Crippen molar-refractivity contribution in [2.45, 2.75) is 19.3 Å². The molecule has 0 spiro atoms. The number of ether oxygens (including phenoxy) is 3. The molecule has 1 aromatic carbocycles. The van der Waals surface area contributed by atoms with Gasteiger partial charge in [0.15, 0.2) is 11.5 Å². The SMILES string of the molecule is CC1CNC(c2ccc3c(c2)OCCO3)O1. The molecule has 86 valence electrons. The Kier molecular flexibility index (Phi) is 2.46. The first-order valence-electron chi connectivity index (χ1n) is 5.61. The third kappa shape index (κ3) is 1.74. The van der Waals surface area contributed by atoms with E-state index in [4.69, 9.17) is 14.2 Å². The second-order valence-electron chi connectivity index (χ2n) is 4.14. The summed E-state index contributed by atoms with van der Waals surface area (Å²) in [6, 6.07) is 5.95. The summed E-state index contributed by atoms with van der Waals surface area (Å²) in [4.78, 5) is 0. The second kappa shape index (κ2) is 3.96. The number of fused-ring (bicyclic) bond motifs is 1. The van der Waals surface area contributed by atoms with Crippen LogP contribution in [0, 0.1) is 0 Å². The molecule has 0 amide bonds. The Bertz CT molecular complexity index is 394. The van der Waals surface area contributed by atoms with Crippen LogP contribution in [-0.2, 0) is 4.74 Å². The summed E-state index contributed by atoms with van der Waals surface area (Å²) >= 11 is 0. The van der Waals surface area contributed by atoms with Crippen molar-refractivity contribution in [1.82, 2.24) is 5.32 Å². The summed E-state index contributed by atoms with van der Waals surface area (Å²) in [6.45, 7) is 4.19. The zero-order valence-electron chi connectivity index (χ0n) is 9.23. The first-order chi connectivity index (χ1) is 7.83. The smallest absolute Gasteiger partial charge is 0.161 e. The fraction of sp³-hybridized carbons (Fsp3) is 0.500. The van der Waals surface area contributed by atoms with E-state index in [1.807, 2.05) is 18.2 Å². The van der Waals surface area contributed by atoms with Gasteiger partial charge in [0.05, 0.1) is 6.10 Å². The molecule has 4 nitrogen and oxygen atoms in total. The quantitative estimate of drug-likeness (QED) is 0.779. The summed E-state index contributed by atoms with van der Waals surface area (Å²) in [5.41, 5.74) is 1.09. The number of nitrogens with one attached hydrogen (secondary N) is 1. The van der Waals surface area contributed by atoms with Gasteiger partial charge in [0.1, 0.15) is 19.4 Å². The van der Waals surface area contributed by atoms with E-state index >= 15 is 0 Å². The lowest BCUT2D eigenvalue weighted by molar-refractivity contribution is 0.0506. The van der Waals surface area contributed by atoms with Crippen molar-refractivity contribution in [3.8, 4) is 11.5 Å². The van der Waals surface area contributed by atoms with Gasteiger partial charge in [-0.1, -0.05) is 6.07 Å². The highest BCUT2D eigenvalue weighted by molar-refractivity contribution is 5.44. The number of hydrogen-bond donors (Lipinski definition) is 1. The topological polar surface area (TPSA) is 39.7 Å². The average molecular weight is 221 g/mol. The minimum atomic E-state index is -0.0224. The van der Waals surface area contributed by atoms with Crippen LogP contribution >= 0.6 is 0 Å². The summed E-state index contributed by atoms with van der Waals surface area (Å²) in [5.74, 6) is 1.63. The highest BCUT2D eigenvalue weighted by atomic mass is 16.6. The zero-order chi connectivity index (χ0) is 11.0. The average Bonchev–Trinajstić information content (AvgIpc) is 2.75. The summed E-state index contributed by atoms with van der Waals surface area (Å²) in [7, 11) is 0. The summed E-state index contributed by atoms with van der Waals surface area (Å²) < 4.78 is 16.7. The normalized spacial score (nSPS) is 28.1. The molecule has 0 radical (unpaired) electrons. The monoisotopic (exact) mass is 221 g/mol. The molecule has 0 aromatic heterocycles. The van der Waals surface area contributed by atoms with Crippen LogP contribution in [0.2, 0.25) is 0 Å². The minimum absolute atomic E-state index is 0.0224. The molecule has 0 saturated carbocycles. The maximum Gasteiger partial charge on any atom is 0.161 e. The summed E-state index contributed by atoms with van der Waals surface area (Å²) in [6.07, 6.45) is 0.240. The Labute approximate surface area is 94.5 Å². The van der Waals surface area contributed by atoms with Crippen LogP contribution < -0.4 is 14.8 Å². The van der Waals surface area contributed by atoms with E-state index < -0.39 is 0 Å². The van der Waals surface area contributed by atoms with Gasteiger partial charge in [0.25, 0.3) is 0 Å². The lowest BCUT2D eigenvalue weighted by atomic mass is 10.1. The van der Waals surface area contributed by atoms with E-state index in [1.54, 1.807) is 0 Å². The maximum absolute atomic E-state index is 5.73. The molecule has 1 N–H and O–H groups in total. The number of hydrogen-bond acceptors (Lipinski definition) is 4. The Morgan fingerprint density at radius 2 is 2.00 bits per heavy atom. The molecular weight excluding hydrogens is 206 g/mol. The van der Waals surface area contributed by atoms with E-state index in [-0.39, 0.29) is 12.3 Å². The molecule has 3 rings (SSSR count). The maximum atomic E-state index is 5.73. The highest BCUT2D eigenvalue weighted by Gasteiger charge is 2.24. The predicted molar refractivity (Wildman–Crippen MR) is 58.7 cm³/mol. The number of rotatable bonds is 1. The lowest BCUT2D eigenvalue weighted by Gasteiger charge is -2.20. The van der Waals surface area contributed by atoms with Gasteiger partial charge in [-0.25, -0.2) is 0 Å². The molecule has 0 aliphatic carbocycles. The van der Waals surface area contributed by atoms with E-state index in [0.717, 1.165) is 23.6 Å². The fourth-order valence-corrected chi connectivity index (χ4v) is 2.02. The van der Waals surface area contributed by atoms with Crippen LogP contribution in [0.4, 0.5) is 0 Å². The van der Waals surface area contributed by atoms with Gasteiger partial charge in [0, 0.05) is 6.54 Å². The first kappa shape index (κ1) is 9.93. The Balaban J connectivity index is 1.85. The van der Waals surface area contributed by atoms with Gasteiger partial charge >= 0.3 is 0 Å². The Morgan fingerprint density at radius 1 is 1.19 bits per heavy atom. The van der Waals surface area contributed by atoms with E-state index in [1.165, 1.54) is 0 Å². The van der Waals surface area contributed by atoms with Crippen LogP contribution in [0.3, 0.4) is 0 Å². The van der Waals surface area contributed by atoms with E-state index in [9.17, 15) is 0 Å². The van der Waals surface area contributed by atoms with Crippen LogP contribution in [0.5, 0.6) is 11.5 Å². The molecule has 2 atom stereocenters. The molecule has 0 bridgehead atoms. The van der Waals surface area contributed by atoms with E-state index in [2.05, 4.69) is 12.2 Å². The molecule has 1 saturated heterocycles. The number of benzene rings is 1. The standard InChI is InChI=1S/C12H15NO3/c1-8-7-13-12(16-8)9-2-3-10-11(6-9)15-5-4-14-10/h2-3,6,8,12-13H,4-5,7H2,1H3. The van der Waals surface area contributed by atoms with Crippen LogP contribution in [0.25, 0.3) is 0 Å². The fourth-order valence-electron chi connectivity index (χ4n) is 2.02. The van der Waals surface area contributed by atoms with Crippen molar-refractivity contribution in [2.75, 3.05) is 19.8 Å². The molecule has 1 fully saturated rings. The van der Waals surface area contributed by atoms with Crippen LogP contribution in [0.1, 0.15) is 18.7 Å². The van der Waals surface area contributed by atoms with Gasteiger partial charge in [-0.05, 0) is 24.6 Å². The first-order valence-corrected chi connectivity index (χ1v) is 5.61. The molecule has 2 heterocycles. The van der Waals surface area contributed by atoms with Crippen molar-refractivity contribution >= 4 is 0 Å². The largest absolute Gasteiger partial charge is 0.486 e. The van der Waals surface area contributed by atoms with Crippen molar-refractivity contribution in [3.05, 3.63) is 23.8 Å². The molecule has 4 heteroatoms. The third-order valence-corrected chi connectivity index (χ3v) is 2.83. The van der Waals surface area contributed by atoms with Crippen LogP contribution in [-0.4, -0.2) is 25.9 Å². The van der Waals surface area contributed by atoms with Crippen molar-refractivity contribution in [3.63, 3.8) is 0 Å². The molecule has 2 unspecified atom stereocenters.